The van der Waals surface area contributed by atoms with Gasteiger partial charge in [-0.1, -0.05) is 51.0 Å². The SMILES string of the molecule is CCCCc1nc(C(CCC)(OC)OC)nn1Cc1ccc(-c2ccncc2-c2nn[nH]n2)cc1. The van der Waals surface area contributed by atoms with Gasteiger partial charge < -0.3 is 9.47 Å². The van der Waals surface area contributed by atoms with Gasteiger partial charge in [0.15, 0.2) is 0 Å². The number of unbranched alkanes of at least 4 members (excludes halogenated alkanes) is 1. The predicted octanol–water partition coefficient (Wildman–Crippen LogP) is 4.16. The number of pyridine rings is 1. The summed E-state index contributed by atoms with van der Waals surface area (Å²) in [5.41, 5.74) is 3.98. The van der Waals surface area contributed by atoms with Gasteiger partial charge in [0.05, 0.1) is 6.54 Å². The Morgan fingerprint density at radius 2 is 1.80 bits per heavy atom. The first-order valence-electron chi connectivity index (χ1n) is 12.0. The zero-order chi connectivity index (χ0) is 24.7. The number of rotatable bonds is 12. The van der Waals surface area contributed by atoms with Crippen LogP contribution in [0.3, 0.4) is 0 Å². The molecule has 0 spiro atoms. The van der Waals surface area contributed by atoms with Crippen LogP contribution in [0.5, 0.6) is 0 Å². The second-order valence-corrected chi connectivity index (χ2v) is 8.38. The summed E-state index contributed by atoms with van der Waals surface area (Å²) in [6.45, 7) is 4.88. The fourth-order valence-corrected chi connectivity index (χ4v) is 4.16. The number of nitrogens with zero attached hydrogens (tertiary/aromatic N) is 7. The van der Waals surface area contributed by atoms with Gasteiger partial charge in [-0.15, -0.1) is 15.3 Å². The number of methoxy groups -OCH3 is 2. The van der Waals surface area contributed by atoms with Crippen LogP contribution in [0.1, 0.15) is 56.7 Å². The zero-order valence-corrected chi connectivity index (χ0v) is 20.7. The fourth-order valence-electron chi connectivity index (χ4n) is 4.16. The number of aromatic amines is 1. The number of hydrogen-bond donors (Lipinski definition) is 1. The minimum Gasteiger partial charge on any atom is -0.347 e. The molecule has 1 aromatic carbocycles. The highest BCUT2D eigenvalue weighted by molar-refractivity contribution is 5.79. The van der Waals surface area contributed by atoms with E-state index in [1.165, 1.54) is 0 Å². The number of H-pyrrole nitrogens is 1. The maximum Gasteiger partial charge on any atom is 0.231 e. The minimum absolute atomic E-state index is 0.514. The average Bonchev–Trinajstić information content (AvgIpc) is 3.57. The van der Waals surface area contributed by atoms with E-state index in [-0.39, 0.29) is 0 Å². The van der Waals surface area contributed by atoms with Crippen LogP contribution < -0.4 is 0 Å². The molecule has 10 nitrogen and oxygen atoms in total. The molecular weight excluding hydrogens is 444 g/mol. The molecule has 35 heavy (non-hydrogen) atoms. The first-order valence-corrected chi connectivity index (χ1v) is 12.0. The van der Waals surface area contributed by atoms with Gasteiger partial charge in [0.25, 0.3) is 0 Å². The van der Waals surface area contributed by atoms with Crippen LogP contribution >= 0.6 is 0 Å². The smallest absolute Gasteiger partial charge is 0.231 e. The first kappa shape index (κ1) is 24.6. The number of hydrogen-bond acceptors (Lipinski definition) is 8. The summed E-state index contributed by atoms with van der Waals surface area (Å²) in [6.07, 6.45) is 8.06. The van der Waals surface area contributed by atoms with Gasteiger partial charge in [0.1, 0.15) is 5.82 Å². The van der Waals surface area contributed by atoms with E-state index in [0.29, 0.717) is 24.6 Å². The molecule has 0 amide bonds. The van der Waals surface area contributed by atoms with Gasteiger partial charge in [0, 0.05) is 45.0 Å². The second-order valence-electron chi connectivity index (χ2n) is 8.38. The van der Waals surface area contributed by atoms with Gasteiger partial charge >= 0.3 is 0 Å². The third-order valence-corrected chi connectivity index (χ3v) is 6.09. The highest BCUT2D eigenvalue weighted by Gasteiger charge is 2.36. The lowest BCUT2D eigenvalue weighted by molar-refractivity contribution is -0.225. The van der Waals surface area contributed by atoms with E-state index in [0.717, 1.165) is 53.8 Å². The number of aryl methyl sites for hydroxylation is 1. The third-order valence-electron chi connectivity index (χ3n) is 6.09. The fraction of sp³-hybridized carbons (Fsp3) is 0.440. The number of benzene rings is 1. The summed E-state index contributed by atoms with van der Waals surface area (Å²) in [5, 5.41) is 19.2. The monoisotopic (exact) mass is 476 g/mol. The van der Waals surface area contributed by atoms with Crippen molar-refractivity contribution in [2.75, 3.05) is 14.2 Å². The van der Waals surface area contributed by atoms with Crippen LogP contribution in [0.4, 0.5) is 0 Å². The lowest BCUT2D eigenvalue weighted by Crippen LogP contribution is -2.32. The van der Waals surface area contributed by atoms with Gasteiger partial charge in [0.2, 0.25) is 17.4 Å². The lowest BCUT2D eigenvalue weighted by atomic mass is 10.00. The molecule has 0 aliphatic heterocycles. The number of aromatic nitrogens is 8. The van der Waals surface area contributed by atoms with Crippen molar-refractivity contribution in [2.45, 2.75) is 58.3 Å². The Kier molecular flexibility index (Phi) is 7.94. The Bertz CT molecular complexity index is 1200. The molecule has 1 N–H and O–H groups in total. The standard InChI is InChI=1S/C25H32N8O2/c1-5-7-8-22-27-24(25(34-3,35-4)14-6-2)30-33(22)17-18-9-11-19(12-10-18)20-13-15-26-16-21(20)23-28-31-32-29-23/h9-13,15-16H,5-8,14,17H2,1-4H3,(H,28,29,31,32). The second kappa shape index (κ2) is 11.3. The van der Waals surface area contributed by atoms with E-state index >= 15 is 0 Å². The topological polar surface area (TPSA) is 117 Å². The summed E-state index contributed by atoms with van der Waals surface area (Å²) < 4.78 is 13.5. The Balaban J connectivity index is 1.62. The Morgan fingerprint density at radius 1 is 1.00 bits per heavy atom. The van der Waals surface area contributed by atoms with E-state index < -0.39 is 5.79 Å². The summed E-state index contributed by atoms with van der Waals surface area (Å²) in [5.74, 6) is 1.10. The van der Waals surface area contributed by atoms with Gasteiger partial charge in [-0.05, 0) is 34.4 Å². The Morgan fingerprint density at radius 3 is 2.46 bits per heavy atom. The molecule has 3 aromatic heterocycles. The summed E-state index contributed by atoms with van der Waals surface area (Å²) in [6, 6.07) is 10.3. The van der Waals surface area contributed by atoms with Gasteiger partial charge in [-0.25, -0.2) is 9.67 Å². The number of nitrogens with one attached hydrogen (secondary N) is 1. The Labute approximate surface area is 205 Å². The van der Waals surface area contributed by atoms with Crippen LogP contribution in [-0.4, -0.2) is 54.6 Å². The van der Waals surface area contributed by atoms with Crippen molar-refractivity contribution in [1.82, 2.24) is 40.4 Å². The molecule has 4 rings (SSSR count). The van der Waals surface area contributed by atoms with E-state index in [9.17, 15) is 0 Å². The van der Waals surface area contributed by atoms with Crippen LogP contribution in [0.25, 0.3) is 22.5 Å². The highest BCUT2D eigenvalue weighted by atomic mass is 16.7. The van der Waals surface area contributed by atoms with Crippen molar-refractivity contribution >= 4 is 0 Å². The molecule has 10 heteroatoms. The van der Waals surface area contributed by atoms with Crippen LogP contribution in [0.2, 0.25) is 0 Å². The van der Waals surface area contributed by atoms with Crippen molar-refractivity contribution in [3.05, 3.63) is 59.9 Å². The van der Waals surface area contributed by atoms with Crippen molar-refractivity contribution in [3.63, 3.8) is 0 Å². The molecule has 0 atom stereocenters. The highest BCUT2D eigenvalue weighted by Crippen LogP contribution is 2.31. The maximum atomic E-state index is 5.76. The summed E-state index contributed by atoms with van der Waals surface area (Å²) in [4.78, 5) is 9.08. The molecule has 0 unspecified atom stereocenters. The number of ether oxygens (including phenoxy) is 2. The van der Waals surface area contributed by atoms with Crippen molar-refractivity contribution < 1.29 is 9.47 Å². The van der Waals surface area contributed by atoms with Gasteiger partial charge in [-0.2, -0.15) is 5.21 Å². The van der Waals surface area contributed by atoms with Crippen LogP contribution in [0, 0.1) is 0 Å². The van der Waals surface area contributed by atoms with E-state index in [1.54, 1.807) is 26.6 Å². The Hall–Kier alpha value is -3.50. The molecule has 3 heterocycles. The molecular formula is C25H32N8O2. The van der Waals surface area contributed by atoms with Crippen molar-refractivity contribution in [3.8, 4) is 22.5 Å². The zero-order valence-electron chi connectivity index (χ0n) is 20.7. The normalized spacial score (nSPS) is 11.8. The summed E-state index contributed by atoms with van der Waals surface area (Å²) in [7, 11) is 3.29. The van der Waals surface area contributed by atoms with E-state index in [1.807, 2.05) is 10.7 Å². The maximum absolute atomic E-state index is 5.76. The van der Waals surface area contributed by atoms with E-state index in [2.05, 4.69) is 63.7 Å². The molecule has 0 aliphatic carbocycles. The quantitative estimate of drug-likeness (QED) is 0.303. The first-order chi connectivity index (χ1) is 17.1. The predicted molar refractivity (Wildman–Crippen MR) is 131 cm³/mol. The molecule has 0 saturated carbocycles. The molecule has 0 fully saturated rings. The third kappa shape index (κ3) is 5.28. The molecule has 4 aromatic rings. The number of tetrazole rings is 1. The average molecular weight is 477 g/mol. The largest absolute Gasteiger partial charge is 0.347 e. The molecule has 0 aliphatic rings. The minimum atomic E-state index is -0.933. The molecule has 184 valence electrons. The van der Waals surface area contributed by atoms with Crippen molar-refractivity contribution in [2.24, 2.45) is 0 Å². The molecule has 0 bridgehead atoms. The van der Waals surface area contributed by atoms with Crippen LogP contribution in [0.15, 0.2) is 42.7 Å². The molecule has 0 radical (unpaired) electrons. The summed E-state index contributed by atoms with van der Waals surface area (Å²) >= 11 is 0. The lowest BCUT2D eigenvalue weighted by Gasteiger charge is -2.27. The van der Waals surface area contributed by atoms with Gasteiger partial charge in [-0.3, -0.25) is 4.98 Å². The van der Waals surface area contributed by atoms with Crippen LogP contribution in [-0.2, 0) is 28.2 Å². The molecule has 0 saturated heterocycles. The van der Waals surface area contributed by atoms with E-state index in [4.69, 9.17) is 19.6 Å². The van der Waals surface area contributed by atoms with Crippen molar-refractivity contribution in [1.29, 1.82) is 0 Å².